The van der Waals surface area contributed by atoms with Crippen molar-refractivity contribution in [2.24, 2.45) is 0 Å². The SMILES string of the molecule is Cc1c(O)n(Cc2nccs2)c(=O)[nH]c1=O. The largest absolute Gasteiger partial charge is 0.494 e. The second-order valence-corrected chi connectivity index (χ2v) is 4.20. The van der Waals surface area contributed by atoms with Gasteiger partial charge in [0.2, 0.25) is 5.88 Å². The summed E-state index contributed by atoms with van der Waals surface area (Å²) >= 11 is 1.37. The Labute approximate surface area is 93.8 Å². The second kappa shape index (κ2) is 3.93. The van der Waals surface area contributed by atoms with Crippen LogP contribution in [0, 0.1) is 6.92 Å². The minimum atomic E-state index is -0.636. The monoisotopic (exact) mass is 239 g/mol. The van der Waals surface area contributed by atoms with Crippen LogP contribution in [0.4, 0.5) is 0 Å². The van der Waals surface area contributed by atoms with Gasteiger partial charge in [-0.3, -0.25) is 14.3 Å². The Morgan fingerprint density at radius 3 is 2.94 bits per heavy atom. The lowest BCUT2D eigenvalue weighted by Gasteiger charge is -2.07. The summed E-state index contributed by atoms with van der Waals surface area (Å²) < 4.78 is 1.08. The number of H-pyrrole nitrogens is 1. The fourth-order valence-corrected chi connectivity index (χ4v) is 1.88. The number of rotatable bonds is 2. The van der Waals surface area contributed by atoms with Gasteiger partial charge in [0.25, 0.3) is 5.56 Å². The zero-order valence-electron chi connectivity index (χ0n) is 8.43. The Morgan fingerprint density at radius 1 is 1.56 bits per heavy atom. The van der Waals surface area contributed by atoms with Gasteiger partial charge in [0.15, 0.2) is 0 Å². The molecule has 0 unspecified atom stereocenters. The van der Waals surface area contributed by atoms with E-state index in [4.69, 9.17) is 0 Å². The Hall–Kier alpha value is -1.89. The summed E-state index contributed by atoms with van der Waals surface area (Å²) in [5.74, 6) is -0.316. The standard InChI is InChI=1S/C9H9N3O3S/c1-5-7(13)11-9(15)12(8(5)14)4-6-10-2-3-16-6/h2-3,14H,4H2,1H3,(H,11,13,15). The molecule has 6 nitrogen and oxygen atoms in total. The first kappa shape index (κ1) is 10.6. The average Bonchev–Trinajstić information content (AvgIpc) is 2.74. The smallest absolute Gasteiger partial charge is 0.331 e. The summed E-state index contributed by atoms with van der Waals surface area (Å²) in [4.78, 5) is 28.8. The predicted octanol–water partition coefficient (Wildman–Crippen LogP) is 0.0554. The molecule has 0 saturated heterocycles. The Morgan fingerprint density at radius 2 is 2.31 bits per heavy atom. The summed E-state index contributed by atoms with van der Waals surface area (Å²) in [7, 11) is 0. The van der Waals surface area contributed by atoms with Gasteiger partial charge in [0, 0.05) is 11.6 Å². The Balaban J connectivity index is 2.53. The molecule has 0 radical (unpaired) electrons. The van der Waals surface area contributed by atoms with E-state index in [1.54, 1.807) is 11.6 Å². The summed E-state index contributed by atoms with van der Waals surface area (Å²) in [5, 5.41) is 12.1. The average molecular weight is 239 g/mol. The van der Waals surface area contributed by atoms with Gasteiger partial charge in [-0.05, 0) is 6.92 Å². The van der Waals surface area contributed by atoms with E-state index in [1.165, 1.54) is 18.3 Å². The predicted molar refractivity (Wildman–Crippen MR) is 58.9 cm³/mol. The molecule has 0 amide bonds. The normalized spacial score (nSPS) is 10.6. The first-order chi connectivity index (χ1) is 7.59. The van der Waals surface area contributed by atoms with Crippen molar-refractivity contribution in [3.8, 4) is 5.88 Å². The van der Waals surface area contributed by atoms with Crippen molar-refractivity contribution in [3.05, 3.63) is 43.0 Å². The number of hydrogen-bond donors (Lipinski definition) is 2. The van der Waals surface area contributed by atoms with Gasteiger partial charge in [-0.2, -0.15) is 0 Å². The van der Waals surface area contributed by atoms with Crippen molar-refractivity contribution < 1.29 is 5.11 Å². The molecule has 0 aliphatic rings. The van der Waals surface area contributed by atoms with Gasteiger partial charge in [-0.15, -0.1) is 11.3 Å². The Bertz CT molecular complexity index is 612. The van der Waals surface area contributed by atoms with Crippen LogP contribution in [0.5, 0.6) is 5.88 Å². The maximum Gasteiger partial charge on any atom is 0.331 e. The van der Waals surface area contributed by atoms with Crippen LogP contribution in [-0.2, 0) is 6.54 Å². The third-order valence-electron chi connectivity index (χ3n) is 2.17. The van der Waals surface area contributed by atoms with E-state index in [-0.39, 0.29) is 18.0 Å². The van der Waals surface area contributed by atoms with E-state index in [9.17, 15) is 14.7 Å². The minimum Gasteiger partial charge on any atom is -0.494 e. The van der Waals surface area contributed by atoms with Crippen LogP contribution >= 0.6 is 11.3 Å². The molecule has 0 aromatic carbocycles. The van der Waals surface area contributed by atoms with Crippen molar-refractivity contribution in [2.75, 3.05) is 0 Å². The van der Waals surface area contributed by atoms with Crippen molar-refractivity contribution in [1.29, 1.82) is 0 Å². The highest BCUT2D eigenvalue weighted by molar-refractivity contribution is 7.09. The van der Waals surface area contributed by atoms with Crippen LogP contribution in [0.15, 0.2) is 21.2 Å². The maximum absolute atomic E-state index is 11.5. The molecule has 7 heteroatoms. The van der Waals surface area contributed by atoms with E-state index in [2.05, 4.69) is 9.97 Å². The fraction of sp³-hybridized carbons (Fsp3) is 0.222. The van der Waals surface area contributed by atoms with Crippen molar-refractivity contribution in [3.63, 3.8) is 0 Å². The third-order valence-corrected chi connectivity index (χ3v) is 2.94. The number of thiazole rings is 1. The quantitative estimate of drug-likeness (QED) is 0.775. The molecule has 16 heavy (non-hydrogen) atoms. The van der Waals surface area contributed by atoms with Gasteiger partial charge < -0.3 is 5.11 Å². The second-order valence-electron chi connectivity index (χ2n) is 3.22. The first-order valence-corrected chi connectivity index (χ1v) is 5.38. The van der Waals surface area contributed by atoms with Crippen LogP contribution in [0.25, 0.3) is 0 Å². The number of aromatic nitrogens is 3. The highest BCUT2D eigenvalue weighted by Crippen LogP contribution is 2.12. The van der Waals surface area contributed by atoms with Gasteiger partial charge in [-0.1, -0.05) is 0 Å². The Kier molecular flexibility index (Phi) is 2.61. The fourth-order valence-electron chi connectivity index (χ4n) is 1.27. The summed E-state index contributed by atoms with van der Waals surface area (Å²) in [6, 6.07) is 0. The molecule has 0 saturated carbocycles. The van der Waals surface area contributed by atoms with Crippen LogP contribution < -0.4 is 11.2 Å². The minimum absolute atomic E-state index is 0.121. The number of hydrogen-bond acceptors (Lipinski definition) is 5. The molecule has 84 valence electrons. The molecule has 2 aromatic rings. The number of nitrogens with one attached hydrogen (secondary N) is 1. The van der Waals surface area contributed by atoms with E-state index in [0.29, 0.717) is 5.01 Å². The topological polar surface area (TPSA) is 88.0 Å². The number of aromatic hydroxyl groups is 1. The van der Waals surface area contributed by atoms with E-state index >= 15 is 0 Å². The van der Waals surface area contributed by atoms with Crippen molar-refractivity contribution in [2.45, 2.75) is 13.5 Å². The van der Waals surface area contributed by atoms with Gasteiger partial charge in [0.05, 0.1) is 12.1 Å². The van der Waals surface area contributed by atoms with Crippen LogP contribution in [0.2, 0.25) is 0 Å². The number of aromatic amines is 1. The molecular formula is C9H9N3O3S. The van der Waals surface area contributed by atoms with Crippen LogP contribution in [0.3, 0.4) is 0 Å². The summed E-state index contributed by atoms with van der Waals surface area (Å²) in [5.41, 5.74) is -1.09. The first-order valence-electron chi connectivity index (χ1n) is 4.50. The molecule has 0 atom stereocenters. The number of nitrogens with zero attached hydrogens (tertiary/aromatic N) is 2. The summed E-state index contributed by atoms with van der Waals surface area (Å²) in [6.45, 7) is 1.60. The molecule has 2 rings (SSSR count). The highest BCUT2D eigenvalue weighted by atomic mass is 32.1. The molecule has 2 heterocycles. The molecule has 0 aliphatic carbocycles. The lowest BCUT2D eigenvalue weighted by Crippen LogP contribution is -2.31. The van der Waals surface area contributed by atoms with Crippen LogP contribution in [-0.4, -0.2) is 19.6 Å². The van der Waals surface area contributed by atoms with Gasteiger partial charge >= 0.3 is 5.69 Å². The zero-order chi connectivity index (χ0) is 11.7. The van der Waals surface area contributed by atoms with Crippen molar-refractivity contribution in [1.82, 2.24) is 14.5 Å². The molecule has 0 fully saturated rings. The molecular weight excluding hydrogens is 230 g/mol. The van der Waals surface area contributed by atoms with Gasteiger partial charge in [0.1, 0.15) is 5.01 Å². The van der Waals surface area contributed by atoms with Crippen molar-refractivity contribution >= 4 is 11.3 Å². The summed E-state index contributed by atoms with van der Waals surface area (Å²) in [6.07, 6.45) is 1.61. The van der Waals surface area contributed by atoms with Gasteiger partial charge in [-0.25, -0.2) is 9.78 Å². The lowest BCUT2D eigenvalue weighted by molar-refractivity contribution is 0.404. The highest BCUT2D eigenvalue weighted by Gasteiger charge is 2.11. The molecule has 0 bridgehead atoms. The zero-order valence-corrected chi connectivity index (χ0v) is 9.24. The van der Waals surface area contributed by atoms with E-state index < -0.39 is 11.2 Å². The van der Waals surface area contributed by atoms with Crippen LogP contribution in [0.1, 0.15) is 10.6 Å². The lowest BCUT2D eigenvalue weighted by atomic mass is 10.3. The molecule has 0 spiro atoms. The van der Waals surface area contributed by atoms with E-state index in [1.807, 2.05) is 0 Å². The maximum atomic E-state index is 11.5. The molecule has 2 N–H and O–H groups in total. The third kappa shape index (κ3) is 1.76. The molecule has 0 aliphatic heterocycles. The molecule has 2 aromatic heterocycles. The van der Waals surface area contributed by atoms with E-state index in [0.717, 1.165) is 4.57 Å².